The van der Waals surface area contributed by atoms with Gasteiger partial charge in [-0.2, -0.15) is 23.0 Å². The van der Waals surface area contributed by atoms with E-state index in [0.717, 1.165) is 29.6 Å². The molecule has 0 bridgehead atoms. The summed E-state index contributed by atoms with van der Waals surface area (Å²) in [5.74, 6) is -0.155. The molecule has 0 aliphatic carbocycles. The zero-order valence-corrected chi connectivity index (χ0v) is 16.6. The molecule has 1 fully saturated rings. The van der Waals surface area contributed by atoms with Crippen molar-refractivity contribution in [1.29, 1.82) is 0 Å². The molecule has 0 amide bonds. The van der Waals surface area contributed by atoms with Gasteiger partial charge in [-0.25, -0.2) is 4.98 Å². The normalized spacial score (nSPS) is 17.5. The molecule has 3 aromatic rings. The van der Waals surface area contributed by atoms with Crippen LogP contribution in [0.2, 0.25) is 5.02 Å². The fraction of sp³-hybridized carbons (Fsp3) is 0.316. The summed E-state index contributed by atoms with van der Waals surface area (Å²) in [6.45, 7) is 1.07. The Morgan fingerprint density at radius 2 is 1.97 bits per heavy atom. The number of hydrogen-bond donors (Lipinski definition) is 0. The van der Waals surface area contributed by atoms with Crippen molar-refractivity contribution in [3.05, 3.63) is 68.0 Å². The predicted molar refractivity (Wildman–Crippen MR) is 106 cm³/mol. The summed E-state index contributed by atoms with van der Waals surface area (Å²) in [5.41, 5.74) is -0.211. The van der Waals surface area contributed by atoms with Crippen LogP contribution in [0.5, 0.6) is 0 Å². The van der Waals surface area contributed by atoms with Gasteiger partial charge in [-0.05, 0) is 25.0 Å². The molecule has 0 N–H and O–H groups in total. The maximum Gasteiger partial charge on any atom is 0.434 e. The van der Waals surface area contributed by atoms with Crippen molar-refractivity contribution in [2.45, 2.75) is 24.9 Å². The van der Waals surface area contributed by atoms with Gasteiger partial charge in [0.1, 0.15) is 5.02 Å². The van der Waals surface area contributed by atoms with Gasteiger partial charge in [-0.15, -0.1) is 11.3 Å². The molecule has 5 nitrogen and oxygen atoms in total. The van der Waals surface area contributed by atoms with E-state index in [1.807, 2.05) is 11.0 Å². The molecule has 152 valence electrons. The molecule has 3 heterocycles. The largest absolute Gasteiger partial charge is 0.434 e. The number of hydrogen-bond acceptors (Lipinski definition) is 5. The lowest BCUT2D eigenvalue weighted by Crippen LogP contribution is -2.36. The molecule has 0 spiro atoms. The predicted octanol–water partition coefficient (Wildman–Crippen LogP) is 4.75. The van der Waals surface area contributed by atoms with Gasteiger partial charge in [-0.3, -0.25) is 4.79 Å². The molecule has 1 atom stereocenters. The fourth-order valence-electron chi connectivity index (χ4n) is 3.40. The number of piperidine rings is 1. The highest BCUT2D eigenvalue weighted by Crippen LogP contribution is 2.36. The Kier molecular flexibility index (Phi) is 5.35. The van der Waals surface area contributed by atoms with Crippen LogP contribution in [-0.2, 0) is 6.18 Å². The summed E-state index contributed by atoms with van der Waals surface area (Å²) in [6, 6.07) is 8.93. The minimum Gasteiger partial charge on any atom is -0.368 e. The van der Waals surface area contributed by atoms with Crippen LogP contribution in [0.25, 0.3) is 5.69 Å². The van der Waals surface area contributed by atoms with Crippen LogP contribution < -0.4 is 10.5 Å². The summed E-state index contributed by atoms with van der Waals surface area (Å²) in [7, 11) is 0. The lowest BCUT2D eigenvalue weighted by molar-refractivity contribution is -0.140. The van der Waals surface area contributed by atoms with Gasteiger partial charge < -0.3 is 4.90 Å². The molecule has 10 heteroatoms. The van der Waals surface area contributed by atoms with Crippen LogP contribution in [-0.4, -0.2) is 27.9 Å². The molecule has 1 aliphatic rings. The van der Waals surface area contributed by atoms with E-state index in [4.69, 9.17) is 11.6 Å². The Morgan fingerprint density at radius 3 is 2.66 bits per heavy atom. The number of anilines is 1. The number of aromatic nitrogens is 3. The molecule has 29 heavy (non-hydrogen) atoms. The molecule has 1 saturated heterocycles. The topological polar surface area (TPSA) is 51.0 Å². The zero-order valence-electron chi connectivity index (χ0n) is 15.1. The standard InChI is InChI=1S/C19H16ClF3N4OS/c20-16-14(9-24-27(18(16)28)13-6-2-1-3-7-13)26-8-4-5-12(10-26)17-25-15(11-29-17)19(21,22)23/h1-3,6-7,9,11-12H,4-5,8,10H2. The number of halogens is 4. The monoisotopic (exact) mass is 440 g/mol. The minimum atomic E-state index is -4.45. The van der Waals surface area contributed by atoms with E-state index in [-0.39, 0.29) is 10.9 Å². The number of nitrogens with zero attached hydrogens (tertiary/aromatic N) is 4. The maximum absolute atomic E-state index is 12.9. The summed E-state index contributed by atoms with van der Waals surface area (Å²) in [4.78, 5) is 18.4. The van der Waals surface area contributed by atoms with Crippen LogP contribution in [0.1, 0.15) is 29.5 Å². The SMILES string of the molecule is O=c1c(Cl)c(N2CCCC(c3nc(C(F)(F)F)cs3)C2)cnn1-c1ccccc1. The lowest BCUT2D eigenvalue weighted by atomic mass is 9.98. The maximum atomic E-state index is 12.9. The highest BCUT2D eigenvalue weighted by molar-refractivity contribution is 7.09. The van der Waals surface area contributed by atoms with Crippen LogP contribution >= 0.6 is 22.9 Å². The highest BCUT2D eigenvalue weighted by Gasteiger charge is 2.35. The summed E-state index contributed by atoms with van der Waals surface area (Å²) in [6.07, 6.45) is -1.43. The molecule has 2 aromatic heterocycles. The number of thiazole rings is 1. The molecular formula is C19H16ClF3N4OS. The second-order valence-corrected chi connectivity index (χ2v) is 8.02. The van der Waals surface area contributed by atoms with E-state index in [1.165, 1.54) is 10.9 Å². The van der Waals surface area contributed by atoms with Gasteiger partial charge in [0.05, 0.1) is 22.6 Å². The van der Waals surface area contributed by atoms with Crippen molar-refractivity contribution in [2.24, 2.45) is 0 Å². The van der Waals surface area contributed by atoms with Gasteiger partial charge >= 0.3 is 6.18 Å². The van der Waals surface area contributed by atoms with Crippen LogP contribution in [0.3, 0.4) is 0 Å². The first-order chi connectivity index (χ1) is 13.8. The molecule has 4 rings (SSSR count). The number of rotatable bonds is 3. The molecule has 1 aliphatic heterocycles. The van der Waals surface area contributed by atoms with Crippen molar-refractivity contribution in [2.75, 3.05) is 18.0 Å². The van der Waals surface area contributed by atoms with Gasteiger partial charge in [0.25, 0.3) is 5.56 Å². The van der Waals surface area contributed by atoms with Crippen molar-refractivity contribution in [3.8, 4) is 5.69 Å². The Balaban J connectivity index is 1.59. The number of benzene rings is 1. The number of para-hydroxylation sites is 1. The third-order valence-corrected chi connectivity index (χ3v) is 6.19. The number of alkyl halides is 3. The molecule has 0 saturated carbocycles. The Bertz CT molecular complexity index is 1070. The fourth-order valence-corrected chi connectivity index (χ4v) is 4.60. The first kappa shape index (κ1) is 19.9. The average Bonchev–Trinajstić information content (AvgIpc) is 3.22. The first-order valence-corrected chi connectivity index (χ1v) is 10.2. The van der Waals surface area contributed by atoms with Gasteiger partial charge in [0, 0.05) is 24.4 Å². The van der Waals surface area contributed by atoms with Crippen molar-refractivity contribution >= 4 is 28.6 Å². The van der Waals surface area contributed by atoms with Crippen molar-refractivity contribution in [1.82, 2.24) is 14.8 Å². The second-order valence-electron chi connectivity index (χ2n) is 6.75. The summed E-state index contributed by atoms with van der Waals surface area (Å²) in [5, 5.41) is 5.77. The van der Waals surface area contributed by atoms with Crippen LogP contribution in [0.4, 0.5) is 18.9 Å². The third kappa shape index (κ3) is 4.02. The van der Waals surface area contributed by atoms with E-state index < -0.39 is 17.4 Å². The Labute approximate surface area is 173 Å². The van der Waals surface area contributed by atoms with Gasteiger partial charge in [0.2, 0.25) is 0 Å². The van der Waals surface area contributed by atoms with E-state index >= 15 is 0 Å². The van der Waals surface area contributed by atoms with Crippen LogP contribution in [0, 0.1) is 0 Å². The van der Waals surface area contributed by atoms with E-state index in [1.54, 1.807) is 24.3 Å². The Morgan fingerprint density at radius 1 is 1.21 bits per heavy atom. The van der Waals surface area contributed by atoms with E-state index in [2.05, 4.69) is 10.1 Å². The molecule has 1 aromatic carbocycles. The van der Waals surface area contributed by atoms with Crippen LogP contribution in [0.15, 0.2) is 46.7 Å². The highest BCUT2D eigenvalue weighted by atomic mass is 35.5. The molecule has 0 radical (unpaired) electrons. The minimum absolute atomic E-state index is 0.0413. The van der Waals surface area contributed by atoms with E-state index in [9.17, 15) is 18.0 Å². The quantitative estimate of drug-likeness (QED) is 0.590. The van der Waals surface area contributed by atoms with Crippen molar-refractivity contribution in [3.63, 3.8) is 0 Å². The third-order valence-electron chi connectivity index (χ3n) is 4.82. The summed E-state index contributed by atoms with van der Waals surface area (Å²) < 4.78 is 39.8. The lowest BCUT2D eigenvalue weighted by Gasteiger charge is -2.33. The Hall–Kier alpha value is -2.39. The smallest absolute Gasteiger partial charge is 0.368 e. The average molecular weight is 441 g/mol. The zero-order chi connectivity index (χ0) is 20.6. The molecule has 1 unspecified atom stereocenters. The van der Waals surface area contributed by atoms with Gasteiger partial charge in [0.15, 0.2) is 5.69 Å². The van der Waals surface area contributed by atoms with Crippen molar-refractivity contribution < 1.29 is 13.2 Å². The summed E-state index contributed by atoms with van der Waals surface area (Å²) >= 11 is 7.38. The van der Waals surface area contributed by atoms with Gasteiger partial charge in [-0.1, -0.05) is 29.8 Å². The molecular weight excluding hydrogens is 425 g/mol. The second kappa shape index (κ2) is 7.79. The first-order valence-electron chi connectivity index (χ1n) is 8.95. The van der Waals surface area contributed by atoms with E-state index in [0.29, 0.717) is 29.5 Å².